The fourth-order valence-electron chi connectivity index (χ4n) is 2.21. The Kier molecular flexibility index (Phi) is 5.67. The molecule has 1 aliphatic rings. The largest absolute Gasteiger partial charge is 0.481 e. The zero-order valence-corrected chi connectivity index (χ0v) is 12.3. The lowest BCUT2D eigenvalue weighted by molar-refractivity contribution is -0.147. The first-order chi connectivity index (χ1) is 9.62. The van der Waals surface area contributed by atoms with Gasteiger partial charge in [0.05, 0.1) is 12.7 Å². The Morgan fingerprint density at radius 1 is 1.29 bits per heavy atom. The van der Waals surface area contributed by atoms with Crippen LogP contribution in [-0.4, -0.2) is 65.7 Å². The number of rotatable bonds is 6. The SMILES string of the molecule is CS(=O)(=O)N1CCCCC1C(=O)N[C@H](CC(=O)O)C(=O)O. The Labute approximate surface area is 122 Å². The Morgan fingerprint density at radius 3 is 2.38 bits per heavy atom. The van der Waals surface area contributed by atoms with Gasteiger partial charge in [0.15, 0.2) is 0 Å². The third kappa shape index (κ3) is 4.97. The van der Waals surface area contributed by atoms with Crippen molar-refractivity contribution in [2.24, 2.45) is 0 Å². The summed E-state index contributed by atoms with van der Waals surface area (Å²) >= 11 is 0. The molecule has 120 valence electrons. The zero-order valence-electron chi connectivity index (χ0n) is 11.5. The van der Waals surface area contributed by atoms with Crippen LogP contribution in [0.2, 0.25) is 0 Å². The molecule has 0 aliphatic carbocycles. The first-order valence-electron chi connectivity index (χ1n) is 6.34. The Hall–Kier alpha value is -1.68. The van der Waals surface area contributed by atoms with Gasteiger partial charge in [-0.15, -0.1) is 0 Å². The van der Waals surface area contributed by atoms with Crippen LogP contribution in [0.25, 0.3) is 0 Å². The number of carboxylic acid groups (broad SMARTS) is 2. The number of amides is 1. The van der Waals surface area contributed by atoms with Crippen molar-refractivity contribution in [1.82, 2.24) is 9.62 Å². The summed E-state index contributed by atoms with van der Waals surface area (Å²) in [5, 5.41) is 19.6. The topological polar surface area (TPSA) is 141 Å². The van der Waals surface area contributed by atoms with Crippen LogP contribution >= 0.6 is 0 Å². The van der Waals surface area contributed by atoms with Crippen LogP contribution in [0.4, 0.5) is 0 Å². The number of carbonyl (C=O) groups excluding carboxylic acids is 1. The highest BCUT2D eigenvalue weighted by atomic mass is 32.2. The van der Waals surface area contributed by atoms with Crippen molar-refractivity contribution in [2.75, 3.05) is 12.8 Å². The second kappa shape index (κ2) is 6.85. The summed E-state index contributed by atoms with van der Waals surface area (Å²) in [6.45, 7) is 0.188. The number of nitrogens with zero attached hydrogens (tertiary/aromatic N) is 1. The number of hydrogen-bond acceptors (Lipinski definition) is 5. The van der Waals surface area contributed by atoms with Crippen molar-refractivity contribution in [1.29, 1.82) is 0 Å². The van der Waals surface area contributed by atoms with E-state index < -0.39 is 46.4 Å². The highest BCUT2D eigenvalue weighted by Crippen LogP contribution is 2.20. The lowest BCUT2D eigenvalue weighted by Gasteiger charge is -2.33. The lowest BCUT2D eigenvalue weighted by Crippen LogP contribution is -2.55. The maximum absolute atomic E-state index is 12.1. The van der Waals surface area contributed by atoms with E-state index in [1.807, 2.05) is 0 Å². The molecule has 0 bridgehead atoms. The van der Waals surface area contributed by atoms with Crippen molar-refractivity contribution in [2.45, 2.75) is 37.8 Å². The maximum atomic E-state index is 12.1. The molecule has 2 atom stereocenters. The molecular weight excluding hydrogens is 304 g/mol. The van der Waals surface area contributed by atoms with Crippen LogP contribution in [0.3, 0.4) is 0 Å². The summed E-state index contributed by atoms with van der Waals surface area (Å²) in [5.74, 6) is -3.63. The minimum atomic E-state index is -3.59. The monoisotopic (exact) mass is 322 g/mol. The van der Waals surface area contributed by atoms with Crippen molar-refractivity contribution in [3.05, 3.63) is 0 Å². The average molecular weight is 322 g/mol. The first kappa shape index (κ1) is 17.4. The van der Waals surface area contributed by atoms with Crippen LogP contribution in [0, 0.1) is 0 Å². The molecule has 1 rings (SSSR count). The second-order valence-electron chi connectivity index (χ2n) is 4.88. The number of carboxylic acids is 2. The van der Waals surface area contributed by atoms with E-state index in [9.17, 15) is 22.8 Å². The summed E-state index contributed by atoms with van der Waals surface area (Å²) < 4.78 is 24.3. The Morgan fingerprint density at radius 2 is 1.90 bits per heavy atom. The molecule has 0 aromatic rings. The smallest absolute Gasteiger partial charge is 0.326 e. The van der Waals surface area contributed by atoms with Crippen molar-refractivity contribution >= 4 is 27.9 Å². The van der Waals surface area contributed by atoms with E-state index in [0.29, 0.717) is 12.8 Å². The molecule has 0 spiro atoms. The van der Waals surface area contributed by atoms with Gasteiger partial charge in [-0.3, -0.25) is 9.59 Å². The van der Waals surface area contributed by atoms with Gasteiger partial charge in [0, 0.05) is 6.54 Å². The van der Waals surface area contributed by atoms with Gasteiger partial charge in [0.1, 0.15) is 12.1 Å². The Balaban J connectivity index is 2.84. The predicted molar refractivity (Wildman–Crippen MR) is 71.0 cm³/mol. The second-order valence-corrected chi connectivity index (χ2v) is 6.82. The predicted octanol–water partition coefficient (Wildman–Crippen LogP) is -1.16. The first-order valence-corrected chi connectivity index (χ1v) is 8.19. The Bertz CT molecular complexity index is 531. The highest BCUT2D eigenvalue weighted by Gasteiger charge is 2.36. The zero-order chi connectivity index (χ0) is 16.2. The summed E-state index contributed by atoms with van der Waals surface area (Å²) in [6.07, 6.45) is 1.74. The number of piperidine rings is 1. The summed E-state index contributed by atoms with van der Waals surface area (Å²) in [4.78, 5) is 33.6. The number of nitrogens with one attached hydrogen (secondary N) is 1. The van der Waals surface area contributed by atoms with Crippen LogP contribution in [-0.2, 0) is 24.4 Å². The quantitative estimate of drug-likeness (QED) is 0.560. The summed E-state index contributed by atoms with van der Waals surface area (Å²) in [6, 6.07) is -2.58. The summed E-state index contributed by atoms with van der Waals surface area (Å²) in [7, 11) is -3.59. The molecule has 21 heavy (non-hydrogen) atoms. The highest BCUT2D eigenvalue weighted by molar-refractivity contribution is 7.88. The molecule has 0 radical (unpaired) electrons. The van der Waals surface area contributed by atoms with Crippen LogP contribution < -0.4 is 5.32 Å². The van der Waals surface area contributed by atoms with Crippen LogP contribution in [0.1, 0.15) is 25.7 Å². The van der Waals surface area contributed by atoms with Gasteiger partial charge in [-0.25, -0.2) is 13.2 Å². The van der Waals surface area contributed by atoms with Gasteiger partial charge in [-0.1, -0.05) is 6.42 Å². The standard InChI is InChI=1S/C11H18N2O7S/c1-21(19,20)13-5-3-2-4-8(13)10(16)12-7(11(17)18)6-9(14)15/h7-8H,2-6H2,1H3,(H,12,16)(H,14,15)(H,17,18)/t7-,8?/m1/s1. The van der Waals surface area contributed by atoms with Crippen LogP contribution in [0.15, 0.2) is 0 Å². The van der Waals surface area contributed by atoms with Crippen LogP contribution in [0.5, 0.6) is 0 Å². The molecule has 0 saturated carbocycles. The number of hydrogen-bond donors (Lipinski definition) is 3. The molecular formula is C11H18N2O7S. The minimum absolute atomic E-state index is 0.188. The third-order valence-corrected chi connectivity index (χ3v) is 4.46. The van der Waals surface area contributed by atoms with Crippen molar-refractivity contribution in [3.63, 3.8) is 0 Å². The van der Waals surface area contributed by atoms with E-state index in [-0.39, 0.29) is 13.0 Å². The van der Waals surface area contributed by atoms with E-state index >= 15 is 0 Å². The molecule has 0 aromatic carbocycles. The number of carbonyl (C=O) groups is 3. The minimum Gasteiger partial charge on any atom is -0.481 e. The van der Waals surface area contributed by atoms with E-state index in [1.165, 1.54) is 0 Å². The molecule has 1 heterocycles. The maximum Gasteiger partial charge on any atom is 0.326 e. The molecule has 1 aliphatic heterocycles. The average Bonchev–Trinajstić information content (AvgIpc) is 2.36. The van der Waals surface area contributed by atoms with Gasteiger partial charge in [-0.05, 0) is 12.8 Å². The normalized spacial score (nSPS) is 21.5. The molecule has 0 aromatic heterocycles. The van der Waals surface area contributed by atoms with E-state index in [2.05, 4.69) is 5.32 Å². The number of sulfonamides is 1. The lowest BCUT2D eigenvalue weighted by atomic mass is 10.0. The van der Waals surface area contributed by atoms with E-state index in [1.54, 1.807) is 0 Å². The van der Waals surface area contributed by atoms with Gasteiger partial charge >= 0.3 is 11.9 Å². The molecule has 1 saturated heterocycles. The summed E-state index contributed by atoms with van der Waals surface area (Å²) in [5.41, 5.74) is 0. The van der Waals surface area contributed by atoms with E-state index in [0.717, 1.165) is 10.6 Å². The fraction of sp³-hybridized carbons (Fsp3) is 0.727. The third-order valence-electron chi connectivity index (χ3n) is 3.18. The van der Waals surface area contributed by atoms with Gasteiger partial charge in [-0.2, -0.15) is 4.31 Å². The van der Waals surface area contributed by atoms with E-state index in [4.69, 9.17) is 10.2 Å². The number of aliphatic carboxylic acids is 2. The molecule has 9 nitrogen and oxygen atoms in total. The van der Waals surface area contributed by atoms with Crippen molar-refractivity contribution in [3.8, 4) is 0 Å². The molecule has 1 fully saturated rings. The molecule has 10 heteroatoms. The van der Waals surface area contributed by atoms with Crippen molar-refractivity contribution < 1.29 is 33.0 Å². The molecule has 1 amide bonds. The van der Waals surface area contributed by atoms with Gasteiger partial charge in [0.2, 0.25) is 15.9 Å². The van der Waals surface area contributed by atoms with Gasteiger partial charge in [0.25, 0.3) is 0 Å². The fourth-order valence-corrected chi connectivity index (χ4v) is 3.33. The molecule has 1 unspecified atom stereocenters. The van der Waals surface area contributed by atoms with Gasteiger partial charge < -0.3 is 15.5 Å². The molecule has 3 N–H and O–H groups in total.